The predicted molar refractivity (Wildman–Crippen MR) is 93.4 cm³/mol. The maximum Gasteiger partial charge on any atom is 0.422 e. The third kappa shape index (κ3) is 7.16. The van der Waals surface area contributed by atoms with Gasteiger partial charge in [-0.25, -0.2) is 4.99 Å². The Morgan fingerprint density at radius 3 is 2.67 bits per heavy atom. The first-order chi connectivity index (χ1) is 12.8. The normalized spacial score (nSPS) is 12.1. The lowest BCUT2D eigenvalue weighted by Gasteiger charge is -2.14. The molecule has 0 radical (unpaired) electrons. The van der Waals surface area contributed by atoms with Crippen LogP contribution in [0.5, 0.6) is 5.75 Å². The zero-order valence-corrected chi connectivity index (χ0v) is 15.4. The van der Waals surface area contributed by atoms with Crippen LogP contribution in [0.15, 0.2) is 27.7 Å². The molecule has 0 saturated carbocycles. The fourth-order valence-electron chi connectivity index (χ4n) is 2.16. The number of halogens is 3. The van der Waals surface area contributed by atoms with Crippen LogP contribution in [0.4, 0.5) is 13.2 Å². The van der Waals surface area contributed by atoms with Crippen LogP contribution < -0.4 is 15.4 Å². The van der Waals surface area contributed by atoms with Crippen LogP contribution in [0, 0.1) is 13.8 Å². The minimum Gasteiger partial charge on any atom is -0.484 e. The third-order valence-corrected chi connectivity index (χ3v) is 3.34. The van der Waals surface area contributed by atoms with Gasteiger partial charge in [-0.1, -0.05) is 17.3 Å². The topological polar surface area (TPSA) is 84.6 Å². The van der Waals surface area contributed by atoms with Crippen LogP contribution in [0.2, 0.25) is 0 Å². The molecule has 0 aliphatic carbocycles. The maximum absolute atomic E-state index is 12.5. The van der Waals surface area contributed by atoms with Crippen molar-refractivity contribution in [2.75, 3.05) is 13.2 Å². The van der Waals surface area contributed by atoms with Gasteiger partial charge in [0.05, 0.1) is 13.1 Å². The molecular weight excluding hydrogens is 363 g/mol. The molecule has 7 nitrogen and oxygen atoms in total. The molecule has 148 valence electrons. The number of alkyl halides is 3. The summed E-state index contributed by atoms with van der Waals surface area (Å²) in [4.78, 5) is 8.47. The molecule has 10 heteroatoms. The van der Waals surface area contributed by atoms with E-state index < -0.39 is 12.8 Å². The van der Waals surface area contributed by atoms with Crippen LogP contribution in [0.1, 0.15) is 29.8 Å². The van der Waals surface area contributed by atoms with Crippen molar-refractivity contribution in [2.45, 2.75) is 40.0 Å². The fraction of sp³-hybridized carbons (Fsp3) is 0.471. The van der Waals surface area contributed by atoms with Crippen LogP contribution in [0.3, 0.4) is 0 Å². The van der Waals surface area contributed by atoms with E-state index in [-0.39, 0.29) is 18.8 Å². The Morgan fingerprint density at radius 1 is 1.26 bits per heavy atom. The summed E-state index contributed by atoms with van der Waals surface area (Å²) in [6.45, 7) is 5.08. The number of benzene rings is 1. The SMILES string of the molecule is CCNC(=NCc1ccc(C)cc1OCC(F)(F)F)NCc1nc(C)no1. The maximum atomic E-state index is 12.5. The Balaban J connectivity index is 2.07. The summed E-state index contributed by atoms with van der Waals surface area (Å²) in [5.41, 5.74) is 1.35. The first-order valence-corrected chi connectivity index (χ1v) is 8.37. The molecule has 1 aromatic heterocycles. The Morgan fingerprint density at radius 2 is 2.04 bits per heavy atom. The van der Waals surface area contributed by atoms with Crippen molar-refractivity contribution < 1.29 is 22.4 Å². The van der Waals surface area contributed by atoms with Gasteiger partial charge in [-0.15, -0.1) is 0 Å². The van der Waals surface area contributed by atoms with Crippen molar-refractivity contribution >= 4 is 5.96 Å². The van der Waals surface area contributed by atoms with Crippen LogP contribution in [-0.2, 0) is 13.1 Å². The van der Waals surface area contributed by atoms with Gasteiger partial charge in [-0.2, -0.15) is 18.2 Å². The average Bonchev–Trinajstić information content (AvgIpc) is 3.01. The summed E-state index contributed by atoms with van der Waals surface area (Å²) in [6, 6.07) is 5.07. The number of guanidine groups is 1. The number of rotatable bonds is 7. The van der Waals surface area contributed by atoms with Crippen LogP contribution in [0.25, 0.3) is 0 Å². The van der Waals surface area contributed by atoms with Crippen molar-refractivity contribution in [3.05, 3.63) is 41.0 Å². The first kappa shape index (κ1) is 20.5. The number of nitrogens with zero attached hydrogens (tertiary/aromatic N) is 3. The summed E-state index contributed by atoms with van der Waals surface area (Å²) in [6.07, 6.45) is -4.40. The number of aryl methyl sites for hydroxylation is 2. The molecule has 0 bridgehead atoms. The van der Waals surface area contributed by atoms with Crippen LogP contribution in [-0.4, -0.2) is 35.4 Å². The molecule has 0 fully saturated rings. The van der Waals surface area contributed by atoms with Crippen molar-refractivity contribution in [3.63, 3.8) is 0 Å². The van der Waals surface area contributed by atoms with E-state index in [9.17, 15) is 13.2 Å². The van der Waals surface area contributed by atoms with E-state index in [0.717, 1.165) is 5.56 Å². The summed E-state index contributed by atoms with van der Waals surface area (Å²) in [5.74, 6) is 1.57. The van der Waals surface area contributed by atoms with E-state index in [1.807, 2.05) is 6.92 Å². The zero-order chi connectivity index (χ0) is 19.9. The molecule has 0 amide bonds. The van der Waals surface area contributed by atoms with Crippen molar-refractivity contribution in [1.29, 1.82) is 0 Å². The summed E-state index contributed by atoms with van der Waals surface area (Å²) in [7, 11) is 0. The molecule has 0 unspecified atom stereocenters. The highest BCUT2D eigenvalue weighted by molar-refractivity contribution is 5.79. The lowest BCUT2D eigenvalue weighted by molar-refractivity contribution is -0.153. The van der Waals surface area contributed by atoms with E-state index in [4.69, 9.17) is 9.26 Å². The molecule has 27 heavy (non-hydrogen) atoms. The molecule has 1 aromatic carbocycles. The Hall–Kier alpha value is -2.78. The number of ether oxygens (including phenoxy) is 1. The standard InChI is InChI=1S/C17H22F3N5O2/c1-4-21-16(23-9-15-24-12(3)25-27-15)22-8-13-6-5-11(2)7-14(13)26-10-17(18,19)20/h5-7H,4,8-10H2,1-3H3,(H2,21,22,23). The lowest BCUT2D eigenvalue weighted by atomic mass is 10.1. The monoisotopic (exact) mass is 385 g/mol. The molecule has 1 heterocycles. The van der Waals surface area contributed by atoms with Gasteiger partial charge >= 0.3 is 6.18 Å². The van der Waals surface area contributed by atoms with Gasteiger partial charge in [0.2, 0.25) is 5.89 Å². The van der Waals surface area contributed by atoms with Crippen molar-refractivity contribution in [2.24, 2.45) is 4.99 Å². The predicted octanol–water partition coefficient (Wildman–Crippen LogP) is 2.88. The summed E-state index contributed by atoms with van der Waals surface area (Å²) >= 11 is 0. The number of hydrogen-bond acceptors (Lipinski definition) is 5. The van der Waals surface area contributed by atoms with E-state index in [1.54, 1.807) is 32.0 Å². The lowest BCUT2D eigenvalue weighted by Crippen LogP contribution is -2.36. The zero-order valence-electron chi connectivity index (χ0n) is 15.4. The Kier molecular flexibility index (Phi) is 7.03. The second-order valence-corrected chi connectivity index (χ2v) is 5.80. The average molecular weight is 385 g/mol. The smallest absolute Gasteiger partial charge is 0.422 e. The molecule has 2 aromatic rings. The Labute approximate surface area is 155 Å². The fourth-order valence-corrected chi connectivity index (χ4v) is 2.16. The van der Waals surface area contributed by atoms with Crippen molar-refractivity contribution in [3.8, 4) is 5.75 Å². The van der Waals surface area contributed by atoms with Crippen molar-refractivity contribution in [1.82, 2.24) is 20.8 Å². The number of nitrogens with one attached hydrogen (secondary N) is 2. The minimum atomic E-state index is -4.40. The molecule has 2 N–H and O–H groups in total. The minimum absolute atomic E-state index is 0.145. The highest BCUT2D eigenvalue weighted by Crippen LogP contribution is 2.24. The molecule has 2 rings (SSSR count). The highest BCUT2D eigenvalue weighted by Gasteiger charge is 2.28. The molecule has 0 atom stereocenters. The number of aliphatic imine (C=N–C) groups is 1. The van der Waals surface area contributed by atoms with Crippen LogP contribution >= 0.6 is 0 Å². The first-order valence-electron chi connectivity index (χ1n) is 8.37. The van der Waals surface area contributed by atoms with E-state index in [2.05, 4.69) is 25.8 Å². The van der Waals surface area contributed by atoms with Gasteiger partial charge in [0.1, 0.15) is 5.75 Å². The largest absolute Gasteiger partial charge is 0.484 e. The number of hydrogen-bond donors (Lipinski definition) is 2. The molecule has 0 aliphatic heterocycles. The molecule has 0 spiro atoms. The third-order valence-electron chi connectivity index (χ3n) is 3.34. The van der Waals surface area contributed by atoms with E-state index >= 15 is 0 Å². The quantitative estimate of drug-likeness (QED) is 0.563. The van der Waals surface area contributed by atoms with Gasteiger partial charge in [0, 0.05) is 12.1 Å². The number of aromatic nitrogens is 2. The van der Waals surface area contributed by atoms with E-state index in [0.29, 0.717) is 29.8 Å². The second kappa shape index (κ2) is 9.24. The summed E-state index contributed by atoms with van der Waals surface area (Å²) in [5, 5.41) is 9.77. The van der Waals surface area contributed by atoms with E-state index in [1.165, 1.54) is 0 Å². The highest BCUT2D eigenvalue weighted by atomic mass is 19.4. The van der Waals surface area contributed by atoms with Gasteiger partial charge in [0.15, 0.2) is 18.4 Å². The molecule has 0 saturated heterocycles. The Bertz CT molecular complexity index is 774. The van der Waals surface area contributed by atoms with Gasteiger partial charge in [-0.05, 0) is 32.4 Å². The second-order valence-electron chi connectivity index (χ2n) is 5.80. The summed E-state index contributed by atoms with van der Waals surface area (Å²) < 4.78 is 47.3. The van der Waals surface area contributed by atoms with Gasteiger partial charge in [0.25, 0.3) is 0 Å². The molecule has 0 aliphatic rings. The van der Waals surface area contributed by atoms with Gasteiger partial charge in [-0.3, -0.25) is 0 Å². The molecular formula is C17H22F3N5O2. The van der Waals surface area contributed by atoms with Gasteiger partial charge < -0.3 is 19.9 Å².